The number of amides is 2. The van der Waals surface area contributed by atoms with Gasteiger partial charge in [-0.15, -0.1) is 0 Å². The zero-order valence-corrected chi connectivity index (χ0v) is 16.6. The number of rotatable bonds is 6. The number of hydrogen-bond acceptors (Lipinski definition) is 4. The number of nitrogens with zero attached hydrogens (tertiary/aromatic N) is 2. The van der Waals surface area contributed by atoms with E-state index < -0.39 is 0 Å². The number of hydrogen-bond donors (Lipinski definition) is 2. The van der Waals surface area contributed by atoms with Gasteiger partial charge in [0, 0.05) is 49.8 Å². The molecule has 1 saturated heterocycles. The van der Waals surface area contributed by atoms with Gasteiger partial charge in [0.1, 0.15) is 0 Å². The van der Waals surface area contributed by atoms with E-state index in [2.05, 4.69) is 27.3 Å². The monoisotopic (exact) mass is 394 g/mol. The topological polar surface area (TPSA) is 81.6 Å². The molecule has 0 radical (unpaired) electrons. The van der Waals surface area contributed by atoms with Gasteiger partial charge < -0.3 is 19.6 Å². The van der Waals surface area contributed by atoms with Crippen LogP contribution in [0, 0.1) is 0 Å². The number of para-hydroxylation sites is 1. The molecule has 1 atom stereocenters. The van der Waals surface area contributed by atoms with Crippen LogP contribution < -0.4 is 5.32 Å². The standard InChI is InChI=1S/C22H26N4O3/c1-16(25-10-12-26(13-11-25)22(28)20-7-4-14-29-20)21(27)23-9-8-17-15-24-19-6-3-2-5-18(17)19/h2-7,14-16,24H,8-13H2,1H3,(H,23,27). The first kappa shape index (κ1) is 19.3. The Morgan fingerprint density at radius 3 is 2.69 bits per heavy atom. The van der Waals surface area contributed by atoms with E-state index in [4.69, 9.17) is 4.42 Å². The van der Waals surface area contributed by atoms with Crippen LogP contribution in [0.3, 0.4) is 0 Å². The number of piperazine rings is 1. The molecule has 1 aliphatic heterocycles. The zero-order valence-electron chi connectivity index (χ0n) is 16.6. The highest BCUT2D eigenvalue weighted by Crippen LogP contribution is 2.17. The van der Waals surface area contributed by atoms with Gasteiger partial charge in [-0.25, -0.2) is 0 Å². The van der Waals surface area contributed by atoms with Gasteiger partial charge >= 0.3 is 0 Å². The van der Waals surface area contributed by atoms with Crippen molar-refractivity contribution in [2.45, 2.75) is 19.4 Å². The Labute approximate surface area is 169 Å². The maximum atomic E-state index is 12.6. The number of furan rings is 1. The summed E-state index contributed by atoms with van der Waals surface area (Å²) in [6, 6.07) is 11.3. The number of aromatic nitrogens is 1. The highest BCUT2D eigenvalue weighted by atomic mass is 16.3. The number of H-pyrrole nitrogens is 1. The van der Waals surface area contributed by atoms with Gasteiger partial charge in [0.15, 0.2) is 5.76 Å². The molecule has 1 aliphatic rings. The molecule has 1 unspecified atom stereocenters. The third-order valence-corrected chi connectivity index (χ3v) is 5.63. The van der Waals surface area contributed by atoms with Crippen LogP contribution in [0.1, 0.15) is 23.0 Å². The molecule has 152 valence electrons. The largest absolute Gasteiger partial charge is 0.459 e. The summed E-state index contributed by atoms with van der Waals surface area (Å²) in [6.07, 6.45) is 4.30. The Balaban J connectivity index is 1.24. The van der Waals surface area contributed by atoms with E-state index in [1.165, 1.54) is 17.2 Å². The lowest BCUT2D eigenvalue weighted by Crippen LogP contribution is -2.55. The van der Waals surface area contributed by atoms with Gasteiger partial charge in [-0.3, -0.25) is 14.5 Å². The van der Waals surface area contributed by atoms with Crippen molar-refractivity contribution in [3.8, 4) is 0 Å². The van der Waals surface area contributed by atoms with E-state index in [9.17, 15) is 9.59 Å². The van der Waals surface area contributed by atoms with Crippen LogP contribution in [0.4, 0.5) is 0 Å². The molecule has 0 aliphatic carbocycles. The quantitative estimate of drug-likeness (QED) is 0.672. The summed E-state index contributed by atoms with van der Waals surface area (Å²) < 4.78 is 5.19. The fraction of sp³-hybridized carbons (Fsp3) is 0.364. The minimum Gasteiger partial charge on any atom is -0.459 e. The molecule has 1 aromatic carbocycles. The Morgan fingerprint density at radius 1 is 1.14 bits per heavy atom. The van der Waals surface area contributed by atoms with Gasteiger partial charge in [0.05, 0.1) is 12.3 Å². The SMILES string of the molecule is CC(C(=O)NCCc1c[nH]c2ccccc12)N1CCN(C(=O)c2ccco2)CC1. The zero-order chi connectivity index (χ0) is 20.2. The molecule has 3 aromatic rings. The molecule has 7 heteroatoms. The number of carbonyl (C=O) groups is 2. The average molecular weight is 394 g/mol. The molecule has 2 aromatic heterocycles. The molecule has 2 N–H and O–H groups in total. The summed E-state index contributed by atoms with van der Waals surface area (Å²) in [5, 5.41) is 4.25. The third kappa shape index (κ3) is 4.19. The fourth-order valence-electron chi connectivity index (χ4n) is 3.84. The second-order valence-corrected chi connectivity index (χ2v) is 7.38. The molecular formula is C22H26N4O3. The Kier molecular flexibility index (Phi) is 5.67. The van der Waals surface area contributed by atoms with Gasteiger partial charge in [-0.2, -0.15) is 0 Å². The molecule has 1 fully saturated rings. The number of nitrogens with one attached hydrogen (secondary N) is 2. The number of carbonyl (C=O) groups excluding carboxylic acids is 2. The highest BCUT2D eigenvalue weighted by molar-refractivity contribution is 5.91. The molecule has 2 amide bonds. The van der Waals surface area contributed by atoms with Gasteiger partial charge in [0.25, 0.3) is 5.91 Å². The van der Waals surface area contributed by atoms with Crippen molar-refractivity contribution >= 4 is 22.7 Å². The van der Waals surface area contributed by atoms with Crippen molar-refractivity contribution in [3.05, 3.63) is 60.2 Å². The normalized spacial score (nSPS) is 16.1. The summed E-state index contributed by atoms with van der Waals surface area (Å²) in [5.41, 5.74) is 2.32. The first-order valence-corrected chi connectivity index (χ1v) is 10.0. The van der Waals surface area contributed by atoms with E-state index >= 15 is 0 Å². The van der Waals surface area contributed by atoms with Crippen molar-refractivity contribution in [2.75, 3.05) is 32.7 Å². The molecule has 0 bridgehead atoms. The average Bonchev–Trinajstić information content (AvgIpc) is 3.43. The maximum absolute atomic E-state index is 12.6. The molecule has 3 heterocycles. The Hall–Kier alpha value is -3.06. The smallest absolute Gasteiger partial charge is 0.289 e. The molecule has 29 heavy (non-hydrogen) atoms. The maximum Gasteiger partial charge on any atom is 0.289 e. The minimum atomic E-state index is -0.223. The second kappa shape index (κ2) is 8.53. The van der Waals surface area contributed by atoms with Crippen molar-refractivity contribution in [1.82, 2.24) is 20.1 Å². The van der Waals surface area contributed by atoms with Gasteiger partial charge in [-0.1, -0.05) is 18.2 Å². The first-order chi connectivity index (χ1) is 14.1. The van der Waals surface area contributed by atoms with Crippen LogP contribution in [0.5, 0.6) is 0 Å². The third-order valence-electron chi connectivity index (χ3n) is 5.63. The van der Waals surface area contributed by atoms with E-state index in [1.807, 2.05) is 25.3 Å². The molecule has 4 rings (SSSR count). The van der Waals surface area contributed by atoms with Crippen LogP contribution in [0.25, 0.3) is 10.9 Å². The van der Waals surface area contributed by atoms with E-state index in [0.29, 0.717) is 38.5 Å². The minimum absolute atomic E-state index is 0.0238. The summed E-state index contributed by atoms with van der Waals surface area (Å²) in [5.74, 6) is 0.294. The molecule has 7 nitrogen and oxygen atoms in total. The van der Waals surface area contributed by atoms with Crippen molar-refractivity contribution in [1.29, 1.82) is 0 Å². The van der Waals surface area contributed by atoms with E-state index in [0.717, 1.165) is 11.9 Å². The molecular weight excluding hydrogens is 368 g/mol. The first-order valence-electron chi connectivity index (χ1n) is 10.0. The second-order valence-electron chi connectivity index (χ2n) is 7.38. The van der Waals surface area contributed by atoms with E-state index in [1.54, 1.807) is 17.0 Å². The number of aromatic amines is 1. The predicted octanol–water partition coefficient (Wildman–Crippen LogP) is 2.27. The van der Waals surface area contributed by atoms with Crippen molar-refractivity contribution in [3.63, 3.8) is 0 Å². The van der Waals surface area contributed by atoms with Crippen molar-refractivity contribution < 1.29 is 14.0 Å². The molecule has 0 spiro atoms. The van der Waals surface area contributed by atoms with Gasteiger partial charge in [-0.05, 0) is 37.1 Å². The number of fused-ring (bicyclic) bond motifs is 1. The summed E-state index contributed by atoms with van der Waals surface area (Å²) in [7, 11) is 0. The predicted molar refractivity (Wildman–Crippen MR) is 111 cm³/mol. The fourth-order valence-corrected chi connectivity index (χ4v) is 3.84. The van der Waals surface area contributed by atoms with Crippen LogP contribution in [0.2, 0.25) is 0 Å². The lowest BCUT2D eigenvalue weighted by molar-refractivity contribution is -0.126. The van der Waals surface area contributed by atoms with E-state index in [-0.39, 0.29) is 17.9 Å². The molecule has 0 saturated carbocycles. The highest BCUT2D eigenvalue weighted by Gasteiger charge is 2.28. The Morgan fingerprint density at radius 2 is 1.93 bits per heavy atom. The van der Waals surface area contributed by atoms with Crippen LogP contribution in [0.15, 0.2) is 53.3 Å². The van der Waals surface area contributed by atoms with Crippen molar-refractivity contribution in [2.24, 2.45) is 0 Å². The summed E-state index contributed by atoms with van der Waals surface area (Å²) >= 11 is 0. The van der Waals surface area contributed by atoms with Crippen LogP contribution in [-0.4, -0.2) is 65.4 Å². The summed E-state index contributed by atoms with van der Waals surface area (Å²) in [4.78, 5) is 32.1. The Bertz CT molecular complexity index is 971. The van der Waals surface area contributed by atoms with Crippen LogP contribution in [-0.2, 0) is 11.2 Å². The lowest BCUT2D eigenvalue weighted by atomic mass is 10.1. The summed E-state index contributed by atoms with van der Waals surface area (Å²) in [6.45, 7) is 5.04. The van der Waals surface area contributed by atoms with Crippen LogP contribution >= 0.6 is 0 Å². The van der Waals surface area contributed by atoms with Gasteiger partial charge in [0.2, 0.25) is 5.91 Å². The lowest BCUT2D eigenvalue weighted by Gasteiger charge is -2.37. The number of benzene rings is 1.